The second-order valence-electron chi connectivity index (χ2n) is 9.44. The molecule has 0 aliphatic carbocycles. The number of ether oxygens (including phenoxy) is 2. The van der Waals surface area contributed by atoms with Gasteiger partial charge in [-0.1, -0.05) is 69.9 Å². The summed E-state index contributed by atoms with van der Waals surface area (Å²) in [7, 11) is 0. The molecule has 1 aromatic heterocycles. The van der Waals surface area contributed by atoms with Crippen LogP contribution in [-0.4, -0.2) is 29.7 Å². The largest absolute Gasteiger partial charge is 0.490 e. The van der Waals surface area contributed by atoms with Crippen molar-refractivity contribution in [3.8, 4) is 22.1 Å². The molecule has 0 saturated carbocycles. The average Bonchev–Trinajstić information content (AvgIpc) is 3.20. The Bertz CT molecular complexity index is 958. The number of benzene rings is 2. The fourth-order valence-corrected chi connectivity index (χ4v) is 5.13. The van der Waals surface area contributed by atoms with Gasteiger partial charge in [0.05, 0.1) is 0 Å². The first-order valence-electron chi connectivity index (χ1n) is 10.5. The highest BCUT2D eigenvalue weighted by Crippen LogP contribution is 2.36. The van der Waals surface area contributed by atoms with Gasteiger partial charge in [0, 0.05) is 5.56 Å². The van der Waals surface area contributed by atoms with Gasteiger partial charge in [-0.15, -0.1) is 10.2 Å². The van der Waals surface area contributed by atoms with E-state index in [0.717, 1.165) is 32.8 Å². The van der Waals surface area contributed by atoms with Gasteiger partial charge in [0.15, 0.2) is 4.34 Å². The number of hydrogen-bond acceptors (Lipinski definition) is 6. The van der Waals surface area contributed by atoms with Crippen molar-refractivity contribution in [2.45, 2.75) is 50.8 Å². The zero-order chi connectivity index (χ0) is 22.5. The molecule has 0 aliphatic rings. The summed E-state index contributed by atoms with van der Waals surface area (Å²) >= 11 is 3.20. The number of hydrogen-bond donors (Lipinski definition) is 0. The van der Waals surface area contributed by atoms with Crippen LogP contribution in [0, 0.1) is 5.41 Å². The number of thioether (sulfide) groups is 1. The van der Waals surface area contributed by atoms with Crippen LogP contribution in [0.5, 0.6) is 11.5 Å². The average molecular weight is 457 g/mol. The first kappa shape index (κ1) is 23.6. The molecule has 0 N–H and O–H groups in total. The lowest BCUT2D eigenvalue weighted by Crippen LogP contribution is -2.24. The normalized spacial score (nSPS) is 12.1. The Kier molecular flexibility index (Phi) is 7.65. The highest BCUT2D eigenvalue weighted by Gasteiger charge is 2.27. The molecular weight excluding hydrogens is 424 g/mol. The molecule has 0 atom stereocenters. The molecular formula is C25H32N2O2S2. The molecule has 2 aromatic carbocycles. The van der Waals surface area contributed by atoms with E-state index in [1.165, 1.54) is 5.56 Å². The lowest BCUT2D eigenvalue weighted by Gasteiger charge is -2.33. The van der Waals surface area contributed by atoms with E-state index in [9.17, 15) is 0 Å². The zero-order valence-corrected chi connectivity index (χ0v) is 20.9. The minimum Gasteiger partial charge on any atom is -0.490 e. The summed E-state index contributed by atoms with van der Waals surface area (Å²) in [6.07, 6.45) is 3.14. The Hall–Kier alpha value is -2.05. The van der Waals surface area contributed by atoms with E-state index in [0.29, 0.717) is 18.6 Å². The maximum Gasteiger partial charge on any atom is 0.174 e. The van der Waals surface area contributed by atoms with E-state index >= 15 is 0 Å². The van der Waals surface area contributed by atoms with Crippen molar-refractivity contribution in [2.24, 2.45) is 5.41 Å². The Morgan fingerprint density at radius 1 is 0.806 bits per heavy atom. The summed E-state index contributed by atoms with van der Waals surface area (Å²) in [5.41, 5.74) is 2.82. The second-order valence-corrected chi connectivity index (χ2v) is 11.5. The van der Waals surface area contributed by atoms with Gasteiger partial charge in [-0.2, -0.15) is 0 Å². The number of nitrogens with zero attached hydrogens (tertiary/aromatic N) is 2. The molecule has 0 unspecified atom stereocenters. The van der Waals surface area contributed by atoms with Crippen LogP contribution in [0.4, 0.5) is 0 Å². The third-order valence-corrected chi connectivity index (χ3v) is 6.86. The van der Waals surface area contributed by atoms with Gasteiger partial charge in [-0.25, -0.2) is 0 Å². The molecule has 31 heavy (non-hydrogen) atoms. The quantitative estimate of drug-likeness (QED) is 0.254. The first-order chi connectivity index (χ1) is 14.7. The lowest BCUT2D eigenvalue weighted by atomic mass is 9.72. The highest BCUT2D eigenvalue weighted by atomic mass is 32.2. The Labute approximate surface area is 194 Å². The van der Waals surface area contributed by atoms with E-state index < -0.39 is 0 Å². The van der Waals surface area contributed by atoms with Crippen molar-refractivity contribution in [3.05, 3.63) is 54.1 Å². The molecule has 6 heteroatoms. The number of aromatic nitrogens is 2. The van der Waals surface area contributed by atoms with E-state index in [1.54, 1.807) is 23.1 Å². The number of rotatable bonds is 9. The lowest BCUT2D eigenvalue weighted by molar-refractivity contribution is 0.217. The first-order valence-corrected chi connectivity index (χ1v) is 12.5. The van der Waals surface area contributed by atoms with Crippen LogP contribution in [0.1, 0.15) is 46.6 Å². The summed E-state index contributed by atoms with van der Waals surface area (Å²) in [4.78, 5) is 0. The van der Waals surface area contributed by atoms with Crippen LogP contribution in [0.2, 0.25) is 0 Å². The van der Waals surface area contributed by atoms with E-state index in [1.807, 2.05) is 30.5 Å². The minimum absolute atomic E-state index is 0.137. The molecule has 0 amide bonds. The maximum atomic E-state index is 5.86. The highest BCUT2D eigenvalue weighted by molar-refractivity contribution is 8.00. The third kappa shape index (κ3) is 6.97. The van der Waals surface area contributed by atoms with Crippen LogP contribution < -0.4 is 9.47 Å². The van der Waals surface area contributed by atoms with E-state index in [2.05, 4.69) is 69.1 Å². The van der Waals surface area contributed by atoms with Gasteiger partial charge in [0.1, 0.15) is 29.7 Å². The predicted octanol–water partition coefficient (Wildman–Crippen LogP) is 7.10. The standard InChI is InChI=1S/C25H32N2O2S2/c1-24(2,3)17-25(4,5)19-9-13-21(14-10-19)29-16-15-28-20-11-7-18(8-12-20)22-26-27-23(30-6)31-22/h7-14H,15-17H2,1-6H3. The van der Waals surface area contributed by atoms with Gasteiger partial charge in [0.2, 0.25) is 0 Å². The van der Waals surface area contributed by atoms with Crippen molar-refractivity contribution in [1.82, 2.24) is 10.2 Å². The topological polar surface area (TPSA) is 44.2 Å². The molecule has 166 valence electrons. The molecule has 0 spiro atoms. The van der Waals surface area contributed by atoms with Gasteiger partial charge in [-0.3, -0.25) is 0 Å². The van der Waals surface area contributed by atoms with Gasteiger partial charge >= 0.3 is 0 Å². The molecule has 1 heterocycles. The van der Waals surface area contributed by atoms with Crippen LogP contribution >= 0.6 is 23.1 Å². The molecule has 0 radical (unpaired) electrons. The Balaban J connectivity index is 1.46. The second kappa shape index (κ2) is 10.0. The molecule has 0 saturated heterocycles. The van der Waals surface area contributed by atoms with Crippen molar-refractivity contribution < 1.29 is 9.47 Å². The Morgan fingerprint density at radius 3 is 1.84 bits per heavy atom. The van der Waals surface area contributed by atoms with Crippen molar-refractivity contribution in [1.29, 1.82) is 0 Å². The van der Waals surface area contributed by atoms with Crippen LogP contribution in [0.25, 0.3) is 10.6 Å². The zero-order valence-electron chi connectivity index (χ0n) is 19.3. The van der Waals surface area contributed by atoms with Crippen LogP contribution in [0.3, 0.4) is 0 Å². The smallest absolute Gasteiger partial charge is 0.174 e. The van der Waals surface area contributed by atoms with Crippen molar-refractivity contribution >= 4 is 23.1 Å². The van der Waals surface area contributed by atoms with Crippen LogP contribution in [0.15, 0.2) is 52.9 Å². The molecule has 0 fully saturated rings. The summed E-state index contributed by atoms with van der Waals surface area (Å²) in [5.74, 6) is 1.69. The maximum absolute atomic E-state index is 5.86. The summed E-state index contributed by atoms with van der Waals surface area (Å²) < 4.78 is 12.6. The van der Waals surface area contributed by atoms with Gasteiger partial charge < -0.3 is 9.47 Å². The summed E-state index contributed by atoms with van der Waals surface area (Å²) in [5, 5.41) is 9.29. The SMILES string of the molecule is CSc1nnc(-c2ccc(OCCOc3ccc(C(C)(C)CC(C)(C)C)cc3)cc2)s1. The predicted molar refractivity (Wildman–Crippen MR) is 132 cm³/mol. The molecule has 3 rings (SSSR count). The van der Waals surface area contributed by atoms with Crippen molar-refractivity contribution in [2.75, 3.05) is 19.5 Å². The fourth-order valence-electron chi connectivity index (χ4n) is 3.85. The molecule has 3 aromatic rings. The third-order valence-electron chi connectivity index (χ3n) is 4.91. The van der Waals surface area contributed by atoms with E-state index in [4.69, 9.17) is 9.47 Å². The van der Waals surface area contributed by atoms with Gasteiger partial charge in [-0.05, 0) is 65.5 Å². The van der Waals surface area contributed by atoms with E-state index in [-0.39, 0.29) is 5.41 Å². The minimum atomic E-state index is 0.137. The van der Waals surface area contributed by atoms with Gasteiger partial charge in [0.25, 0.3) is 0 Å². The van der Waals surface area contributed by atoms with Crippen LogP contribution in [-0.2, 0) is 5.41 Å². The van der Waals surface area contributed by atoms with Crippen molar-refractivity contribution in [3.63, 3.8) is 0 Å². The molecule has 0 bridgehead atoms. The molecule has 0 aliphatic heterocycles. The summed E-state index contributed by atoms with van der Waals surface area (Å²) in [6, 6.07) is 16.4. The summed E-state index contributed by atoms with van der Waals surface area (Å²) in [6.45, 7) is 12.5. The monoisotopic (exact) mass is 456 g/mol. The molecule has 4 nitrogen and oxygen atoms in total. The Morgan fingerprint density at radius 2 is 1.35 bits per heavy atom. The fraction of sp³-hybridized carbons (Fsp3) is 0.440.